The summed E-state index contributed by atoms with van der Waals surface area (Å²) in [6.45, 7) is 8.25. The van der Waals surface area contributed by atoms with Crippen molar-refractivity contribution in [1.29, 1.82) is 0 Å². The van der Waals surface area contributed by atoms with E-state index in [1.54, 1.807) is 6.07 Å². The van der Waals surface area contributed by atoms with Crippen molar-refractivity contribution >= 4 is 5.82 Å². The first-order chi connectivity index (χ1) is 6.63. The van der Waals surface area contributed by atoms with Gasteiger partial charge in [-0.05, 0) is 18.9 Å². The van der Waals surface area contributed by atoms with Gasteiger partial charge in [-0.3, -0.25) is 4.79 Å². The third-order valence-corrected chi connectivity index (χ3v) is 1.96. The van der Waals surface area contributed by atoms with E-state index in [4.69, 9.17) is 0 Å². The van der Waals surface area contributed by atoms with Crippen LogP contribution in [0.15, 0.2) is 16.9 Å². The van der Waals surface area contributed by atoms with Crippen LogP contribution < -0.4 is 10.5 Å². The molecule has 1 aromatic rings. The number of nitrogens with zero attached hydrogens (tertiary/aromatic N) is 2. The summed E-state index contributed by atoms with van der Waals surface area (Å²) in [7, 11) is 0. The highest BCUT2D eigenvalue weighted by Crippen LogP contribution is 2.08. The maximum atomic E-state index is 10.8. The van der Waals surface area contributed by atoms with Gasteiger partial charge in [-0.25, -0.2) is 5.10 Å². The summed E-state index contributed by atoms with van der Waals surface area (Å²) in [6.07, 6.45) is 0. The van der Waals surface area contributed by atoms with Crippen LogP contribution in [0.3, 0.4) is 0 Å². The lowest BCUT2D eigenvalue weighted by molar-refractivity contribution is 0.611. The van der Waals surface area contributed by atoms with Gasteiger partial charge in [0.2, 0.25) is 0 Å². The average molecular weight is 195 g/mol. The predicted octanol–water partition coefficient (Wildman–Crippen LogP) is 1.25. The second-order valence-electron chi connectivity index (χ2n) is 3.71. The standard InChI is InChI=1S/C10H17N3O/c1-4-13(7-8(2)3)9-5-6-10(14)12-11-9/h5-6,8H,4,7H2,1-3H3,(H,12,14). The van der Waals surface area contributed by atoms with Crippen LogP contribution in [0.2, 0.25) is 0 Å². The van der Waals surface area contributed by atoms with Gasteiger partial charge >= 0.3 is 0 Å². The first-order valence-electron chi connectivity index (χ1n) is 4.94. The van der Waals surface area contributed by atoms with E-state index in [0.717, 1.165) is 18.9 Å². The van der Waals surface area contributed by atoms with Crippen molar-refractivity contribution in [1.82, 2.24) is 10.2 Å². The van der Waals surface area contributed by atoms with Crippen LogP contribution in [0, 0.1) is 5.92 Å². The number of H-pyrrole nitrogens is 1. The molecule has 0 aliphatic carbocycles. The normalized spacial score (nSPS) is 10.6. The van der Waals surface area contributed by atoms with E-state index in [-0.39, 0.29) is 5.56 Å². The highest BCUT2D eigenvalue weighted by atomic mass is 16.1. The lowest BCUT2D eigenvalue weighted by Crippen LogP contribution is -2.29. The Balaban J connectivity index is 2.78. The van der Waals surface area contributed by atoms with Crippen LogP contribution in [-0.4, -0.2) is 23.3 Å². The largest absolute Gasteiger partial charge is 0.355 e. The summed E-state index contributed by atoms with van der Waals surface area (Å²) in [6, 6.07) is 3.26. The lowest BCUT2D eigenvalue weighted by Gasteiger charge is -2.23. The molecule has 0 radical (unpaired) electrons. The van der Waals surface area contributed by atoms with Crippen molar-refractivity contribution in [3.63, 3.8) is 0 Å². The van der Waals surface area contributed by atoms with E-state index in [2.05, 4.69) is 35.9 Å². The van der Waals surface area contributed by atoms with E-state index < -0.39 is 0 Å². The molecule has 0 amide bonds. The van der Waals surface area contributed by atoms with Gasteiger partial charge in [0.25, 0.3) is 5.56 Å². The third-order valence-electron chi connectivity index (χ3n) is 1.96. The number of anilines is 1. The molecule has 1 aromatic heterocycles. The smallest absolute Gasteiger partial charge is 0.264 e. The van der Waals surface area contributed by atoms with Crippen LogP contribution in [0.4, 0.5) is 5.82 Å². The fourth-order valence-corrected chi connectivity index (χ4v) is 1.34. The number of hydrogen-bond acceptors (Lipinski definition) is 3. The van der Waals surface area contributed by atoms with Crippen molar-refractivity contribution in [2.75, 3.05) is 18.0 Å². The number of rotatable bonds is 4. The lowest BCUT2D eigenvalue weighted by atomic mass is 10.2. The van der Waals surface area contributed by atoms with Crippen molar-refractivity contribution in [3.05, 3.63) is 22.5 Å². The first-order valence-corrected chi connectivity index (χ1v) is 4.94. The zero-order chi connectivity index (χ0) is 10.6. The summed E-state index contributed by atoms with van der Waals surface area (Å²) >= 11 is 0. The molecule has 0 spiro atoms. The molecule has 4 heteroatoms. The van der Waals surface area contributed by atoms with Crippen LogP contribution >= 0.6 is 0 Å². The zero-order valence-corrected chi connectivity index (χ0v) is 8.95. The Morgan fingerprint density at radius 1 is 1.50 bits per heavy atom. The molecule has 0 saturated heterocycles. The van der Waals surface area contributed by atoms with E-state index in [1.165, 1.54) is 6.07 Å². The minimum Gasteiger partial charge on any atom is -0.355 e. The van der Waals surface area contributed by atoms with E-state index in [9.17, 15) is 4.79 Å². The van der Waals surface area contributed by atoms with Gasteiger partial charge in [-0.2, -0.15) is 5.10 Å². The molecule has 1 heterocycles. The number of nitrogens with one attached hydrogen (secondary N) is 1. The molecule has 1 N–H and O–H groups in total. The van der Waals surface area contributed by atoms with Crippen LogP contribution in [0.25, 0.3) is 0 Å². The fraction of sp³-hybridized carbons (Fsp3) is 0.600. The topological polar surface area (TPSA) is 49.0 Å². The van der Waals surface area contributed by atoms with Crippen molar-refractivity contribution in [3.8, 4) is 0 Å². The molecular weight excluding hydrogens is 178 g/mol. The molecule has 0 unspecified atom stereocenters. The molecular formula is C10H17N3O. The van der Waals surface area contributed by atoms with Gasteiger partial charge in [0, 0.05) is 19.2 Å². The van der Waals surface area contributed by atoms with E-state index >= 15 is 0 Å². The molecule has 0 fully saturated rings. The third kappa shape index (κ3) is 2.87. The Bertz CT molecular complexity index is 312. The van der Waals surface area contributed by atoms with Crippen molar-refractivity contribution in [2.24, 2.45) is 5.92 Å². The Morgan fingerprint density at radius 3 is 2.64 bits per heavy atom. The Kier molecular flexibility index (Phi) is 3.68. The molecule has 78 valence electrons. The summed E-state index contributed by atoms with van der Waals surface area (Å²) in [5.74, 6) is 1.42. The van der Waals surface area contributed by atoms with Gasteiger partial charge in [-0.1, -0.05) is 13.8 Å². The van der Waals surface area contributed by atoms with Gasteiger partial charge in [-0.15, -0.1) is 0 Å². The van der Waals surface area contributed by atoms with E-state index in [1.807, 2.05) is 0 Å². The maximum absolute atomic E-state index is 10.8. The summed E-state index contributed by atoms with van der Waals surface area (Å²) in [5, 5.41) is 6.43. The van der Waals surface area contributed by atoms with Gasteiger partial charge in [0.15, 0.2) is 0 Å². The Labute approximate surface area is 84.0 Å². The molecule has 0 aliphatic heterocycles. The van der Waals surface area contributed by atoms with Gasteiger partial charge < -0.3 is 4.90 Å². The maximum Gasteiger partial charge on any atom is 0.264 e. The minimum absolute atomic E-state index is 0.158. The average Bonchev–Trinajstić information content (AvgIpc) is 2.15. The summed E-state index contributed by atoms with van der Waals surface area (Å²) in [4.78, 5) is 13.0. The van der Waals surface area contributed by atoms with Gasteiger partial charge in [0.05, 0.1) is 0 Å². The second-order valence-corrected chi connectivity index (χ2v) is 3.71. The first kappa shape index (κ1) is 10.8. The molecule has 0 aliphatic rings. The van der Waals surface area contributed by atoms with Gasteiger partial charge in [0.1, 0.15) is 5.82 Å². The molecule has 0 bridgehead atoms. The van der Waals surface area contributed by atoms with E-state index in [0.29, 0.717) is 5.92 Å². The van der Waals surface area contributed by atoms with Crippen LogP contribution in [0.1, 0.15) is 20.8 Å². The predicted molar refractivity (Wildman–Crippen MR) is 57.6 cm³/mol. The Morgan fingerprint density at radius 2 is 2.21 bits per heavy atom. The SMILES string of the molecule is CCN(CC(C)C)c1ccc(=O)[nH]n1. The minimum atomic E-state index is -0.158. The molecule has 14 heavy (non-hydrogen) atoms. The molecule has 0 saturated carbocycles. The van der Waals surface area contributed by atoms with Crippen LogP contribution in [-0.2, 0) is 0 Å². The highest BCUT2D eigenvalue weighted by molar-refractivity contribution is 5.35. The molecule has 4 nitrogen and oxygen atoms in total. The number of aromatic nitrogens is 2. The molecule has 0 atom stereocenters. The Hall–Kier alpha value is -1.32. The quantitative estimate of drug-likeness (QED) is 0.786. The summed E-state index contributed by atoms with van der Waals surface area (Å²) < 4.78 is 0. The number of aromatic amines is 1. The highest BCUT2D eigenvalue weighted by Gasteiger charge is 2.07. The summed E-state index contributed by atoms with van der Waals surface area (Å²) in [5.41, 5.74) is -0.158. The van der Waals surface area contributed by atoms with Crippen molar-refractivity contribution < 1.29 is 0 Å². The molecule has 1 rings (SSSR count). The fourth-order valence-electron chi connectivity index (χ4n) is 1.34. The molecule has 0 aromatic carbocycles. The second kappa shape index (κ2) is 4.79. The number of hydrogen-bond donors (Lipinski definition) is 1. The van der Waals surface area contributed by atoms with Crippen molar-refractivity contribution in [2.45, 2.75) is 20.8 Å². The monoisotopic (exact) mass is 195 g/mol. The zero-order valence-electron chi connectivity index (χ0n) is 8.95. The van der Waals surface area contributed by atoms with Crippen LogP contribution in [0.5, 0.6) is 0 Å².